The number of carbonyl (C=O) groups excluding carboxylic acids is 1. The maximum atomic E-state index is 12.2. The van der Waals surface area contributed by atoms with Gasteiger partial charge in [0.25, 0.3) is 0 Å². The van der Waals surface area contributed by atoms with E-state index in [9.17, 15) is 4.79 Å². The lowest BCUT2D eigenvalue weighted by Crippen LogP contribution is -2.41. The first kappa shape index (κ1) is 18.4. The largest absolute Gasteiger partial charge is 0.343 e. The van der Waals surface area contributed by atoms with Crippen LogP contribution >= 0.6 is 0 Å². The first-order valence-corrected chi connectivity index (χ1v) is 8.80. The lowest BCUT2D eigenvalue weighted by molar-refractivity contribution is -0.133. The molecule has 1 rings (SSSR count). The summed E-state index contributed by atoms with van der Waals surface area (Å²) in [5.41, 5.74) is 5.56. The molecule has 124 valence electrons. The van der Waals surface area contributed by atoms with E-state index in [4.69, 9.17) is 5.73 Å². The van der Waals surface area contributed by atoms with Crippen molar-refractivity contribution in [1.29, 1.82) is 0 Å². The van der Waals surface area contributed by atoms with Gasteiger partial charge in [0.15, 0.2) is 0 Å². The number of likely N-dealkylation sites (tertiary alicyclic amines) is 1. The van der Waals surface area contributed by atoms with Crippen LogP contribution in [-0.4, -0.2) is 55.0 Å². The van der Waals surface area contributed by atoms with Gasteiger partial charge in [0.1, 0.15) is 0 Å². The van der Waals surface area contributed by atoms with Crippen molar-refractivity contribution in [1.82, 2.24) is 9.80 Å². The smallest absolute Gasteiger partial charge is 0.222 e. The third kappa shape index (κ3) is 6.79. The Morgan fingerprint density at radius 2 is 1.86 bits per heavy atom. The molecule has 0 saturated carbocycles. The fourth-order valence-corrected chi connectivity index (χ4v) is 3.17. The van der Waals surface area contributed by atoms with Gasteiger partial charge < -0.3 is 15.5 Å². The number of carbonyl (C=O) groups is 1. The minimum atomic E-state index is 0.347. The highest BCUT2D eigenvalue weighted by Crippen LogP contribution is 2.20. The van der Waals surface area contributed by atoms with Gasteiger partial charge in [0.05, 0.1) is 0 Å². The van der Waals surface area contributed by atoms with Crippen molar-refractivity contribution in [2.75, 3.05) is 39.3 Å². The number of hydrogen-bond acceptors (Lipinski definition) is 3. The summed E-state index contributed by atoms with van der Waals surface area (Å²) in [7, 11) is 0. The van der Waals surface area contributed by atoms with Crippen LogP contribution in [0.15, 0.2) is 0 Å². The van der Waals surface area contributed by atoms with E-state index in [0.717, 1.165) is 51.5 Å². The Morgan fingerprint density at radius 1 is 1.24 bits per heavy atom. The zero-order chi connectivity index (χ0) is 15.7. The Kier molecular flexibility index (Phi) is 8.93. The average molecular weight is 297 g/mol. The number of nitrogens with two attached hydrogens (primary N) is 1. The molecule has 0 aromatic carbocycles. The normalized spacial score (nSPS) is 18.2. The molecule has 0 radical (unpaired) electrons. The van der Waals surface area contributed by atoms with Crippen molar-refractivity contribution < 1.29 is 4.79 Å². The fourth-order valence-electron chi connectivity index (χ4n) is 3.17. The minimum absolute atomic E-state index is 0.347. The van der Waals surface area contributed by atoms with E-state index in [1.54, 1.807) is 0 Å². The summed E-state index contributed by atoms with van der Waals surface area (Å²) in [4.78, 5) is 16.8. The molecule has 1 aliphatic rings. The number of nitrogens with zero attached hydrogens (tertiary/aromatic N) is 2. The van der Waals surface area contributed by atoms with Crippen LogP contribution in [0.4, 0.5) is 0 Å². The monoisotopic (exact) mass is 297 g/mol. The molecule has 1 atom stereocenters. The van der Waals surface area contributed by atoms with Crippen molar-refractivity contribution in [2.24, 2.45) is 17.6 Å². The van der Waals surface area contributed by atoms with Crippen molar-refractivity contribution in [3.63, 3.8) is 0 Å². The molecule has 0 aliphatic carbocycles. The van der Waals surface area contributed by atoms with E-state index in [2.05, 4.69) is 30.6 Å². The van der Waals surface area contributed by atoms with E-state index in [1.807, 2.05) is 0 Å². The molecule has 4 nitrogen and oxygen atoms in total. The van der Waals surface area contributed by atoms with E-state index < -0.39 is 0 Å². The average Bonchev–Trinajstić information content (AvgIpc) is 2.51. The Balaban J connectivity index is 2.24. The fraction of sp³-hybridized carbons (Fsp3) is 0.941. The molecule has 21 heavy (non-hydrogen) atoms. The second-order valence-electron chi connectivity index (χ2n) is 6.53. The topological polar surface area (TPSA) is 49.6 Å². The molecule has 1 aliphatic heterocycles. The molecule has 1 amide bonds. The van der Waals surface area contributed by atoms with Crippen LogP contribution in [0.25, 0.3) is 0 Å². The van der Waals surface area contributed by atoms with E-state index in [1.165, 1.54) is 19.4 Å². The molecular weight excluding hydrogens is 262 g/mol. The zero-order valence-electron chi connectivity index (χ0n) is 14.3. The van der Waals surface area contributed by atoms with Gasteiger partial charge >= 0.3 is 0 Å². The van der Waals surface area contributed by atoms with Crippen LogP contribution in [0.2, 0.25) is 0 Å². The molecular formula is C17H35N3O. The third-order valence-electron chi connectivity index (χ3n) is 4.89. The highest BCUT2D eigenvalue weighted by molar-refractivity contribution is 5.76. The summed E-state index contributed by atoms with van der Waals surface area (Å²) in [6.07, 6.45) is 5.04. The minimum Gasteiger partial charge on any atom is -0.343 e. The second-order valence-corrected chi connectivity index (χ2v) is 6.53. The Morgan fingerprint density at radius 3 is 2.38 bits per heavy atom. The molecule has 1 unspecified atom stereocenters. The molecule has 2 N–H and O–H groups in total. The maximum Gasteiger partial charge on any atom is 0.222 e. The van der Waals surface area contributed by atoms with Gasteiger partial charge in [-0.05, 0) is 57.2 Å². The van der Waals surface area contributed by atoms with Crippen LogP contribution in [0.1, 0.15) is 52.9 Å². The summed E-state index contributed by atoms with van der Waals surface area (Å²) < 4.78 is 0. The Bertz CT molecular complexity index is 284. The second kappa shape index (κ2) is 10.2. The van der Waals surface area contributed by atoms with Crippen LogP contribution in [0.5, 0.6) is 0 Å². The van der Waals surface area contributed by atoms with Crippen molar-refractivity contribution >= 4 is 5.91 Å². The molecule has 0 bridgehead atoms. The number of hydrogen-bond donors (Lipinski definition) is 1. The van der Waals surface area contributed by atoms with E-state index in [-0.39, 0.29) is 0 Å². The van der Waals surface area contributed by atoms with Crippen molar-refractivity contribution in [2.45, 2.75) is 52.9 Å². The molecule has 0 aromatic heterocycles. The van der Waals surface area contributed by atoms with Gasteiger partial charge in [-0.3, -0.25) is 4.79 Å². The third-order valence-corrected chi connectivity index (χ3v) is 4.89. The molecule has 1 saturated heterocycles. The zero-order valence-corrected chi connectivity index (χ0v) is 14.3. The van der Waals surface area contributed by atoms with Gasteiger partial charge in [-0.2, -0.15) is 0 Å². The predicted molar refractivity (Wildman–Crippen MR) is 89.2 cm³/mol. The van der Waals surface area contributed by atoms with E-state index in [0.29, 0.717) is 18.2 Å². The molecule has 1 heterocycles. The number of piperidine rings is 1. The quantitative estimate of drug-likeness (QED) is 0.710. The van der Waals surface area contributed by atoms with Gasteiger partial charge in [0.2, 0.25) is 5.91 Å². The molecule has 0 spiro atoms. The molecule has 4 heteroatoms. The SMILES string of the molecule is CCN(CC)CC1CCN(C(=O)CCC(C)CCN)CC1. The van der Waals surface area contributed by atoms with E-state index >= 15 is 0 Å². The van der Waals surface area contributed by atoms with Crippen LogP contribution in [0, 0.1) is 11.8 Å². The Labute approximate surface area is 131 Å². The number of amides is 1. The maximum absolute atomic E-state index is 12.2. The van der Waals surface area contributed by atoms with Gasteiger partial charge in [-0.25, -0.2) is 0 Å². The first-order chi connectivity index (χ1) is 10.1. The first-order valence-electron chi connectivity index (χ1n) is 8.80. The highest BCUT2D eigenvalue weighted by Gasteiger charge is 2.23. The Hall–Kier alpha value is -0.610. The van der Waals surface area contributed by atoms with Gasteiger partial charge in [-0.1, -0.05) is 20.8 Å². The highest BCUT2D eigenvalue weighted by atomic mass is 16.2. The standard InChI is InChI=1S/C17H35N3O/c1-4-19(5-2)14-16-9-12-20(13-10-16)17(21)7-6-15(3)8-11-18/h15-16H,4-14,18H2,1-3H3. The number of rotatable bonds is 9. The lowest BCUT2D eigenvalue weighted by atomic mass is 9.95. The van der Waals surface area contributed by atoms with Crippen molar-refractivity contribution in [3.05, 3.63) is 0 Å². The van der Waals surface area contributed by atoms with Gasteiger partial charge in [-0.15, -0.1) is 0 Å². The lowest BCUT2D eigenvalue weighted by Gasteiger charge is -2.34. The predicted octanol–water partition coefficient (Wildman–Crippen LogP) is 2.33. The summed E-state index contributed by atoms with van der Waals surface area (Å²) in [5.74, 6) is 1.68. The summed E-state index contributed by atoms with van der Waals surface area (Å²) >= 11 is 0. The van der Waals surface area contributed by atoms with Crippen molar-refractivity contribution in [3.8, 4) is 0 Å². The van der Waals surface area contributed by atoms with Crippen LogP contribution in [-0.2, 0) is 4.79 Å². The molecule has 0 aromatic rings. The summed E-state index contributed by atoms with van der Waals surface area (Å²) in [5, 5.41) is 0. The summed E-state index contributed by atoms with van der Waals surface area (Å²) in [6, 6.07) is 0. The van der Waals surface area contributed by atoms with Crippen LogP contribution in [0.3, 0.4) is 0 Å². The summed E-state index contributed by atoms with van der Waals surface area (Å²) in [6.45, 7) is 12.7. The molecule has 1 fully saturated rings. The van der Waals surface area contributed by atoms with Gasteiger partial charge in [0, 0.05) is 26.1 Å². The van der Waals surface area contributed by atoms with Crippen LogP contribution < -0.4 is 5.73 Å².